The molecule has 0 aromatic rings. The molecule has 210 valence electrons. The number of ether oxygens (including phenoxy) is 2. The summed E-state index contributed by atoms with van der Waals surface area (Å²) in [6, 6.07) is 0. The lowest BCUT2D eigenvalue weighted by Crippen LogP contribution is -2.36. The maximum atomic E-state index is 12.0. The molecule has 0 radical (unpaired) electrons. The Bertz CT molecular complexity index is 880. The standard InChI is InChI=1S/C32H49N3O3/c1-5-6-7-8-9-10-11-12-13-14-15-16-17-18-19-20-21-22-23-24-32(36)37-27-28(2)38-30(4)35-26-25-31(33)34-29(35)3/h6-7,9-10,12-13,15-16,18-19,25-26,28,30H,3,5,8,11,14,17,20-24,27H2,1-2,4H3,(H2,33,34)/b7-6-,10-9-,13-12-,16-15-,19-18-/t28-,30?/m0/s1. The van der Waals surface area contributed by atoms with Crippen molar-refractivity contribution < 1.29 is 14.3 Å². The van der Waals surface area contributed by atoms with Gasteiger partial charge in [0.05, 0.1) is 6.10 Å². The Morgan fingerprint density at radius 1 is 0.947 bits per heavy atom. The maximum Gasteiger partial charge on any atom is 0.305 e. The number of hydrogen-bond donors (Lipinski definition) is 1. The van der Waals surface area contributed by atoms with E-state index in [4.69, 9.17) is 15.2 Å². The normalized spacial score (nSPS) is 16.0. The number of allylic oxidation sites excluding steroid dienone is 10. The van der Waals surface area contributed by atoms with Gasteiger partial charge >= 0.3 is 5.97 Å². The van der Waals surface area contributed by atoms with Crippen LogP contribution in [0.2, 0.25) is 0 Å². The van der Waals surface area contributed by atoms with Gasteiger partial charge in [-0.2, -0.15) is 0 Å². The third kappa shape index (κ3) is 17.4. The number of unbranched alkanes of at least 4 members (excludes halogenated alkanes) is 3. The Kier molecular flexibility index (Phi) is 19.0. The van der Waals surface area contributed by atoms with E-state index in [0.717, 1.165) is 57.8 Å². The fourth-order valence-corrected chi connectivity index (χ4v) is 3.62. The summed E-state index contributed by atoms with van der Waals surface area (Å²) in [6.07, 6.45) is 34.5. The number of nitrogens with zero attached hydrogens (tertiary/aromatic N) is 2. The first-order chi connectivity index (χ1) is 18.4. The van der Waals surface area contributed by atoms with Gasteiger partial charge in [0.15, 0.2) is 0 Å². The van der Waals surface area contributed by atoms with Crippen LogP contribution in [0, 0.1) is 0 Å². The molecule has 0 amide bonds. The summed E-state index contributed by atoms with van der Waals surface area (Å²) in [7, 11) is 0. The molecular formula is C32H49N3O3. The molecule has 6 nitrogen and oxygen atoms in total. The Hall–Kier alpha value is -3.12. The van der Waals surface area contributed by atoms with Crippen LogP contribution in [0.5, 0.6) is 0 Å². The van der Waals surface area contributed by atoms with Gasteiger partial charge in [-0.1, -0.05) is 80.7 Å². The second-order valence-corrected chi connectivity index (χ2v) is 9.21. The van der Waals surface area contributed by atoms with E-state index in [9.17, 15) is 4.79 Å². The fraction of sp³-hybridized carbons (Fsp3) is 0.500. The first-order valence-electron chi connectivity index (χ1n) is 14.0. The molecule has 0 aromatic carbocycles. The van der Waals surface area contributed by atoms with Crippen molar-refractivity contribution in [2.45, 2.75) is 97.3 Å². The quantitative estimate of drug-likeness (QED) is 0.101. The van der Waals surface area contributed by atoms with Crippen LogP contribution in [0.25, 0.3) is 0 Å². The van der Waals surface area contributed by atoms with Crippen LogP contribution >= 0.6 is 0 Å². The van der Waals surface area contributed by atoms with Gasteiger partial charge in [0.1, 0.15) is 24.5 Å². The molecule has 38 heavy (non-hydrogen) atoms. The average molecular weight is 524 g/mol. The first kappa shape index (κ1) is 32.9. The summed E-state index contributed by atoms with van der Waals surface area (Å²) >= 11 is 0. The predicted octanol–water partition coefficient (Wildman–Crippen LogP) is 7.64. The highest BCUT2D eigenvalue weighted by molar-refractivity contribution is 5.92. The number of carbonyl (C=O) groups is 1. The molecule has 0 spiro atoms. The lowest BCUT2D eigenvalue weighted by Gasteiger charge is -2.31. The molecule has 1 aliphatic heterocycles. The molecule has 1 aliphatic rings. The largest absolute Gasteiger partial charge is 0.463 e. The van der Waals surface area contributed by atoms with Gasteiger partial charge in [0, 0.05) is 12.6 Å². The van der Waals surface area contributed by atoms with E-state index < -0.39 is 0 Å². The van der Waals surface area contributed by atoms with Gasteiger partial charge < -0.3 is 20.1 Å². The van der Waals surface area contributed by atoms with Crippen molar-refractivity contribution in [3.63, 3.8) is 0 Å². The Morgan fingerprint density at radius 2 is 1.53 bits per heavy atom. The SMILES string of the molecule is C=C1N=C(N)C=CN1C(C)O[C@@H](C)COC(=O)CCCCC/C=C\C/C=C\C/C=C\C/C=C\C/C=C\CC. The second kappa shape index (κ2) is 21.9. The monoisotopic (exact) mass is 523 g/mol. The number of amidine groups is 1. The van der Waals surface area contributed by atoms with E-state index in [1.165, 1.54) is 0 Å². The predicted molar refractivity (Wildman–Crippen MR) is 160 cm³/mol. The summed E-state index contributed by atoms with van der Waals surface area (Å²) in [5.41, 5.74) is 5.66. The van der Waals surface area contributed by atoms with Crippen LogP contribution in [0.15, 0.2) is 90.4 Å². The smallest absolute Gasteiger partial charge is 0.305 e. The van der Waals surface area contributed by atoms with Gasteiger partial charge in [0.25, 0.3) is 0 Å². The molecule has 1 rings (SSSR count). The zero-order valence-corrected chi connectivity index (χ0v) is 23.8. The van der Waals surface area contributed by atoms with Crippen LogP contribution in [-0.4, -0.2) is 35.6 Å². The van der Waals surface area contributed by atoms with Crippen LogP contribution in [0.4, 0.5) is 0 Å². The molecule has 0 aliphatic carbocycles. The highest BCUT2D eigenvalue weighted by atomic mass is 16.6. The third-order valence-electron chi connectivity index (χ3n) is 5.67. The fourth-order valence-electron chi connectivity index (χ4n) is 3.62. The van der Waals surface area contributed by atoms with E-state index >= 15 is 0 Å². The first-order valence-corrected chi connectivity index (χ1v) is 14.0. The van der Waals surface area contributed by atoms with Crippen LogP contribution < -0.4 is 5.73 Å². The minimum absolute atomic E-state index is 0.178. The van der Waals surface area contributed by atoms with Crippen molar-refractivity contribution in [2.24, 2.45) is 10.7 Å². The Morgan fingerprint density at radius 3 is 2.11 bits per heavy atom. The minimum Gasteiger partial charge on any atom is -0.463 e. The zero-order valence-electron chi connectivity index (χ0n) is 23.8. The molecule has 2 atom stereocenters. The van der Waals surface area contributed by atoms with Crippen LogP contribution in [-0.2, 0) is 14.3 Å². The zero-order chi connectivity index (χ0) is 27.8. The van der Waals surface area contributed by atoms with E-state index in [2.05, 4.69) is 79.3 Å². The Balaban J connectivity index is 1.99. The molecule has 0 fully saturated rings. The van der Waals surface area contributed by atoms with Crippen molar-refractivity contribution in [3.8, 4) is 0 Å². The molecule has 1 unspecified atom stereocenters. The number of rotatable bonds is 20. The lowest BCUT2D eigenvalue weighted by molar-refractivity contribution is -0.151. The maximum absolute atomic E-state index is 12.0. The van der Waals surface area contributed by atoms with Crippen molar-refractivity contribution in [1.29, 1.82) is 0 Å². The van der Waals surface area contributed by atoms with Crippen LogP contribution in [0.1, 0.15) is 85.0 Å². The minimum atomic E-state index is -0.291. The number of carbonyl (C=O) groups excluding carboxylic acids is 1. The molecule has 0 saturated carbocycles. The average Bonchev–Trinajstić information content (AvgIpc) is 2.88. The molecule has 0 saturated heterocycles. The van der Waals surface area contributed by atoms with E-state index in [1.807, 2.05) is 13.8 Å². The van der Waals surface area contributed by atoms with Gasteiger partial charge in [-0.05, 0) is 71.3 Å². The summed E-state index contributed by atoms with van der Waals surface area (Å²) in [6.45, 7) is 10.0. The molecule has 6 heteroatoms. The van der Waals surface area contributed by atoms with E-state index in [-0.39, 0.29) is 24.9 Å². The summed E-state index contributed by atoms with van der Waals surface area (Å²) in [5.74, 6) is 0.757. The highest BCUT2D eigenvalue weighted by Gasteiger charge is 2.19. The van der Waals surface area contributed by atoms with Gasteiger partial charge in [-0.3, -0.25) is 4.79 Å². The van der Waals surface area contributed by atoms with Gasteiger partial charge in [0.2, 0.25) is 0 Å². The Labute approximate surface area is 231 Å². The number of hydrogen-bond acceptors (Lipinski definition) is 6. The number of nitrogens with two attached hydrogens (primary N) is 1. The van der Waals surface area contributed by atoms with Crippen molar-refractivity contribution >= 4 is 11.8 Å². The molecule has 0 aromatic heterocycles. The van der Waals surface area contributed by atoms with Crippen LogP contribution in [0.3, 0.4) is 0 Å². The number of aliphatic imine (C=N–C) groups is 1. The van der Waals surface area contributed by atoms with Crippen molar-refractivity contribution in [3.05, 3.63) is 85.4 Å². The third-order valence-corrected chi connectivity index (χ3v) is 5.67. The molecule has 0 bridgehead atoms. The number of esters is 1. The second-order valence-electron chi connectivity index (χ2n) is 9.21. The molecule has 1 heterocycles. The van der Waals surface area contributed by atoms with Crippen molar-refractivity contribution in [2.75, 3.05) is 6.61 Å². The summed E-state index contributed by atoms with van der Waals surface area (Å²) < 4.78 is 11.3. The van der Waals surface area contributed by atoms with Crippen molar-refractivity contribution in [1.82, 2.24) is 4.90 Å². The topological polar surface area (TPSA) is 77.2 Å². The highest BCUT2D eigenvalue weighted by Crippen LogP contribution is 2.16. The van der Waals surface area contributed by atoms with Gasteiger partial charge in [-0.25, -0.2) is 4.99 Å². The summed E-state index contributed by atoms with van der Waals surface area (Å²) in [5, 5.41) is 0. The van der Waals surface area contributed by atoms with E-state index in [0.29, 0.717) is 18.1 Å². The van der Waals surface area contributed by atoms with E-state index in [1.54, 1.807) is 17.2 Å². The molecular weight excluding hydrogens is 474 g/mol. The lowest BCUT2D eigenvalue weighted by atomic mass is 10.1. The van der Waals surface area contributed by atoms with Gasteiger partial charge in [-0.15, -0.1) is 0 Å². The molecule has 2 N–H and O–H groups in total. The summed E-state index contributed by atoms with van der Waals surface area (Å²) in [4.78, 5) is 17.9.